The van der Waals surface area contributed by atoms with Crippen molar-refractivity contribution < 1.29 is 22.7 Å². The van der Waals surface area contributed by atoms with E-state index in [2.05, 4.69) is 0 Å². The second-order valence-corrected chi connectivity index (χ2v) is 6.04. The number of hydrogen-bond acceptors (Lipinski definition) is 3. The number of halogens is 4. The van der Waals surface area contributed by atoms with Gasteiger partial charge < -0.3 is 15.4 Å². The molecule has 1 saturated heterocycles. The molecule has 1 aromatic rings. The van der Waals surface area contributed by atoms with Crippen LogP contribution in [0, 0.1) is 5.92 Å². The van der Waals surface area contributed by atoms with Crippen molar-refractivity contribution in [2.24, 2.45) is 11.7 Å². The number of benzene rings is 1. The van der Waals surface area contributed by atoms with Gasteiger partial charge in [0.1, 0.15) is 6.10 Å². The molecule has 1 fully saturated rings. The van der Waals surface area contributed by atoms with Crippen LogP contribution in [0.25, 0.3) is 0 Å². The first kappa shape index (κ1) is 20.7. The molecule has 2 N–H and O–H groups in total. The lowest BCUT2D eigenvalue weighted by atomic mass is 10.0. The maximum absolute atomic E-state index is 12.8. The van der Waals surface area contributed by atoms with Crippen LogP contribution in [-0.4, -0.2) is 36.5 Å². The Kier molecular flexibility index (Phi) is 7.07. The highest BCUT2D eigenvalue weighted by molar-refractivity contribution is 5.85. The summed E-state index contributed by atoms with van der Waals surface area (Å²) in [6, 6.07) is 4.40. The van der Waals surface area contributed by atoms with Gasteiger partial charge in [0, 0.05) is 6.54 Å². The highest BCUT2D eigenvalue weighted by Gasteiger charge is 2.33. The summed E-state index contributed by atoms with van der Waals surface area (Å²) in [5, 5.41) is 0. The summed E-state index contributed by atoms with van der Waals surface area (Å²) in [4.78, 5) is 13.9. The van der Waals surface area contributed by atoms with Crippen LogP contribution in [0.4, 0.5) is 13.2 Å². The zero-order valence-electron chi connectivity index (χ0n) is 13.5. The van der Waals surface area contributed by atoms with E-state index in [0.29, 0.717) is 12.1 Å². The van der Waals surface area contributed by atoms with E-state index in [4.69, 9.17) is 10.5 Å². The molecule has 1 amide bonds. The molecule has 0 aliphatic carbocycles. The van der Waals surface area contributed by atoms with Crippen LogP contribution >= 0.6 is 12.4 Å². The van der Waals surface area contributed by atoms with Gasteiger partial charge in [0.25, 0.3) is 0 Å². The predicted octanol–water partition coefficient (Wildman–Crippen LogP) is 3.01. The van der Waals surface area contributed by atoms with Crippen LogP contribution in [0.3, 0.4) is 0 Å². The quantitative estimate of drug-likeness (QED) is 0.894. The average Bonchev–Trinajstić information content (AvgIpc) is 2.53. The lowest BCUT2D eigenvalue weighted by Crippen LogP contribution is -2.51. The molecule has 136 valence electrons. The Bertz CT molecular complexity index is 566. The minimum absolute atomic E-state index is 0. The van der Waals surface area contributed by atoms with Gasteiger partial charge in [-0.2, -0.15) is 13.2 Å². The van der Waals surface area contributed by atoms with Gasteiger partial charge >= 0.3 is 6.18 Å². The van der Waals surface area contributed by atoms with Gasteiger partial charge in [-0.3, -0.25) is 4.79 Å². The van der Waals surface area contributed by atoms with Crippen LogP contribution in [0.2, 0.25) is 0 Å². The third-order valence-electron chi connectivity index (χ3n) is 3.97. The Balaban J connectivity index is 0.00000288. The van der Waals surface area contributed by atoms with Gasteiger partial charge in [0.15, 0.2) is 0 Å². The summed E-state index contributed by atoms with van der Waals surface area (Å²) in [6.45, 7) is 4.59. The van der Waals surface area contributed by atoms with E-state index in [0.717, 1.165) is 12.1 Å². The lowest BCUT2D eigenvalue weighted by molar-refractivity contribution is -0.142. The number of nitrogens with zero attached hydrogens (tertiary/aromatic N) is 1. The normalized spacial score (nSPS) is 19.8. The van der Waals surface area contributed by atoms with E-state index in [1.165, 1.54) is 6.07 Å². The fourth-order valence-electron chi connectivity index (χ4n) is 2.46. The van der Waals surface area contributed by atoms with Crippen molar-refractivity contribution in [3.63, 3.8) is 0 Å². The number of morpholine rings is 1. The number of alkyl halides is 3. The first-order chi connectivity index (χ1) is 10.7. The third-order valence-corrected chi connectivity index (χ3v) is 3.97. The smallest absolute Gasteiger partial charge is 0.370 e. The molecule has 8 heteroatoms. The fourth-order valence-corrected chi connectivity index (χ4v) is 2.46. The molecule has 1 heterocycles. The maximum atomic E-state index is 12.8. The lowest BCUT2D eigenvalue weighted by Gasteiger charge is -2.35. The van der Waals surface area contributed by atoms with Gasteiger partial charge in [-0.05, 0) is 23.6 Å². The Morgan fingerprint density at radius 2 is 2.04 bits per heavy atom. The topological polar surface area (TPSA) is 55.6 Å². The van der Waals surface area contributed by atoms with Crippen molar-refractivity contribution >= 4 is 18.3 Å². The van der Waals surface area contributed by atoms with Crippen LogP contribution in [-0.2, 0) is 15.7 Å². The molecule has 1 aliphatic heterocycles. The first-order valence-corrected chi connectivity index (χ1v) is 7.53. The third kappa shape index (κ3) is 4.84. The summed E-state index contributed by atoms with van der Waals surface area (Å²) >= 11 is 0. The summed E-state index contributed by atoms with van der Waals surface area (Å²) in [5.41, 5.74) is 5.57. The van der Waals surface area contributed by atoms with Gasteiger partial charge in [0.05, 0.1) is 24.8 Å². The maximum Gasteiger partial charge on any atom is 0.416 e. The molecule has 2 atom stereocenters. The number of amides is 1. The van der Waals surface area contributed by atoms with Crippen LogP contribution < -0.4 is 5.73 Å². The number of rotatable bonds is 3. The number of carbonyl (C=O) groups excluding carboxylic acids is 1. The minimum Gasteiger partial charge on any atom is -0.370 e. The van der Waals surface area contributed by atoms with Gasteiger partial charge in [-0.15, -0.1) is 12.4 Å². The largest absolute Gasteiger partial charge is 0.416 e. The fraction of sp³-hybridized carbons (Fsp3) is 0.562. The molecule has 4 nitrogen and oxygen atoms in total. The molecule has 1 aliphatic rings. The molecule has 2 unspecified atom stereocenters. The molecule has 2 rings (SSSR count). The molecule has 24 heavy (non-hydrogen) atoms. The van der Waals surface area contributed by atoms with Crippen molar-refractivity contribution in [3.8, 4) is 0 Å². The van der Waals surface area contributed by atoms with Crippen molar-refractivity contribution in [2.45, 2.75) is 32.2 Å². The highest BCUT2D eigenvalue weighted by Crippen LogP contribution is 2.32. The molecule has 0 spiro atoms. The summed E-state index contributed by atoms with van der Waals surface area (Å²) in [5.74, 6) is -0.197. The van der Waals surface area contributed by atoms with E-state index in [-0.39, 0.29) is 37.4 Å². The average molecular weight is 367 g/mol. The zero-order valence-corrected chi connectivity index (χ0v) is 14.4. The second kappa shape index (κ2) is 8.18. The van der Waals surface area contributed by atoms with Gasteiger partial charge in [0.2, 0.25) is 5.91 Å². The number of nitrogens with two attached hydrogens (primary N) is 1. The Hall–Kier alpha value is -1.31. The molecular weight excluding hydrogens is 345 g/mol. The monoisotopic (exact) mass is 366 g/mol. The van der Waals surface area contributed by atoms with Crippen molar-refractivity contribution in [1.29, 1.82) is 0 Å². The van der Waals surface area contributed by atoms with Crippen LogP contribution in [0.1, 0.15) is 31.1 Å². The Morgan fingerprint density at radius 3 is 2.62 bits per heavy atom. The Morgan fingerprint density at radius 1 is 1.38 bits per heavy atom. The van der Waals surface area contributed by atoms with Gasteiger partial charge in [-0.25, -0.2) is 0 Å². The van der Waals surface area contributed by atoms with E-state index in [9.17, 15) is 18.0 Å². The summed E-state index contributed by atoms with van der Waals surface area (Å²) < 4.78 is 44.0. The number of carbonyl (C=O) groups is 1. The van der Waals surface area contributed by atoms with E-state index in [1.807, 2.05) is 13.8 Å². The highest BCUT2D eigenvalue weighted by atomic mass is 35.5. The SMILES string of the molecule is CC(C)C(N)C(=O)N1CCOC(c2cccc(C(F)(F)F)c2)C1.Cl. The minimum atomic E-state index is -4.40. The molecule has 0 saturated carbocycles. The van der Waals surface area contributed by atoms with E-state index >= 15 is 0 Å². The van der Waals surface area contributed by atoms with Crippen LogP contribution in [0.15, 0.2) is 24.3 Å². The van der Waals surface area contributed by atoms with Crippen LogP contribution in [0.5, 0.6) is 0 Å². The first-order valence-electron chi connectivity index (χ1n) is 7.53. The standard InChI is InChI=1S/C16H21F3N2O2.ClH/c1-10(2)14(20)15(22)21-6-7-23-13(9-21)11-4-3-5-12(8-11)16(17,18)19;/h3-5,8,10,13-14H,6-7,9,20H2,1-2H3;1H. The molecule has 1 aromatic carbocycles. The van der Waals surface area contributed by atoms with Gasteiger partial charge in [-0.1, -0.05) is 26.0 Å². The summed E-state index contributed by atoms with van der Waals surface area (Å²) in [7, 11) is 0. The molecule has 0 radical (unpaired) electrons. The zero-order chi connectivity index (χ0) is 17.2. The predicted molar refractivity (Wildman–Crippen MR) is 86.8 cm³/mol. The van der Waals surface area contributed by atoms with E-state index in [1.54, 1.807) is 11.0 Å². The number of hydrogen-bond donors (Lipinski definition) is 1. The van der Waals surface area contributed by atoms with E-state index < -0.39 is 23.9 Å². The van der Waals surface area contributed by atoms with Crippen molar-refractivity contribution in [2.75, 3.05) is 19.7 Å². The number of ether oxygens (including phenoxy) is 1. The summed E-state index contributed by atoms with van der Waals surface area (Å²) in [6.07, 6.45) is -4.98. The second-order valence-electron chi connectivity index (χ2n) is 6.04. The Labute approximate surface area is 145 Å². The molecule has 0 bridgehead atoms. The molecule has 0 aromatic heterocycles. The molecular formula is C16H22ClF3N2O2. The van der Waals surface area contributed by atoms with Crippen molar-refractivity contribution in [1.82, 2.24) is 4.90 Å². The van der Waals surface area contributed by atoms with Crippen molar-refractivity contribution in [3.05, 3.63) is 35.4 Å².